The molecule has 0 unspecified atom stereocenters. The molecular formula is C66H76O2S6Si2. The predicted octanol–water partition coefficient (Wildman–Crippen LogP) is 20.4. The van der Waals surface area contributed by atoms with E-state index in [0.29, 0.717) is 33.2 Å². The average molecular weight is 1150 g/mol. The third-order valence-corrected chi connectivity index (χ3v) is 40.9. The van der Waals surface area contributed by atoms with Crippen molar-refractivity contribution in [2.75, 3.05) is 0 Å². The minimum Gasteiger partial charge on any atom is -0.376 e. The number of rotatable bonds is 16. The lowest BCUT2D eigenvalue weighted by molar-refractivity contribution is 0.127. The number of benzene rings is 4. The van der Waals surface area contributed by atoms with E-state index >= 15 is 0 Å². The van der Waals surface area contributed by atoms with E-state index < -0.39 is 27.3 Å². The van der Waals surface area contributed by atoms with Crippen molar-refractivity contribution in [2.24, 2.45) is 0 Å². The summed E-state index contributed by atoms with van der Waals surface area (Å²) in [5, 5.41) is 28.9. The summed E-state index contributed by atoms with van der Waals surface area (Å²) in [5.74, 6) is 0. The molecule has 396 valence electrons. The second-order valence-corrected chi connectivity index (χ2v) is 42.7. The van der Waals surface area contributed by atoms with Crippen molar-refractivity contribution in [1.29, 1.82) is 0 Å². The third kappa shape index (κ3) is 8.74. The molecule has 0 radical (unpaired) electrons. The summed E-state index contributed by atoms with van der Waals surface area (Å²) in [6.07, 6.45) is 0. The maximum Gasteiger partial charge on any atom is 0.143 e. The highest BCUT2D eigenvalue weighted by Gasteiger charge is 2.49. The van der Waals surface area contributed by atoms with Crippen LogP contribution >= 0.6 is 68.0 Å². The molecule has 2 N–H and O–H groups in total. The highest BCUT2D eigenvalue weighted by atomic mass is 32.1. The average Bonchev–Trinajstić information content (AvgIpc) is 4.40. The maximum absolute atomic E-state index is 14.5. The number of hydrogen-bond donors (Lipinski definition) is 2. The summed E-state index contributed by atoms with van der Waals surface area (Å²) in [6.45, 7) is 38.0. The molecule has 10 heteroatoms. The van der Waals surface area contributed by atoms with E-state index in [1.165, 1.54) is 18.8 Å². The Bertz CT molecular complexity index is 3240. The second kappa shape index (κ2) is 20.7. The molecule has 0 saturated heterocycles. The fraction of sp³-hybridized carbons (Fsp3) is 0.364. The Morgan fingerprint density at radius 1 is 0.329 bits per heavy atom. The molecule has 6 heterocycles. The summed E-state index contributed by atoms with van der Waals surface area (Å²) >= 11 is 11.3. The lowest BCUT2D eigenvalue weighted by Gasteiger charge is -2.42. The van der Waals surface area contributed by atoms with Crippen LogP contribution in [-0.4, -0.2) is 26.4 Å². The SMILES string of the molecule is Cc1ccc(C(O)(c2ccc(C)cc2)c2c(-c3cc4sc([Si](C(C)C)(C(C)C)C(C)C)cc4s3)sc3c(C(O)(c4ccc(C)cc4)c4ccc(C)cc4)c(-c4cc5sc([Si](C(C)C)(C(C)C)C(C)C)cc5s4)sc23)cc1. The minimum absolute atomic E-state index is 0.611. The molecule has 10 aromatic rings. The Balaban J connectivity index is 1.34. The van der Waals surface area contributed by atoms with Gasteiger partial charge < -0.3 is 10.2 Å². The van der Waals surface area contributed by atoms with Gasteiger partial charge in [-0.3, -0.25) is 0 Å². The Morgan fingerprint density at radius 2 is 0.566 bits per heavy atom. The third-order valence-electron chi connectivity index (χ3n) is 17.6. The van der Waals surface area contributed by atoms with Crippen LogP contribution in [0.25, 0.3) is 47.7 Å². The quantitative estimate of drug-likeness (QED) is 0.0947. The van der Waals surface area contributed by atoms with Gasteiger partial charge in [0, 0.05) is 39.7 Å². The van der Waals surface area contributed by atoms with Crippen molar-refractivity contribution < 1.29 is 10.2 Å². The first-order chi connectivity index (χ1) is 36.0. The number of fused-ring (bicyclic) bond motifs is 3. The van der Waals surface area contributed by atoms with Crippen molar-refractivity contribution in [2.45, 2.75) is 155 Å². The summed E-state index contributed by atoms with van der Waals surface area (Å²) in [5.41, 5.74) is 10.2. The van der Waals surface area contributed by atoms with E-state index in [0.717, 1.165) is 84.5 Å². The lowest BCUT2D eigenvalue weighted by Crippen LogP contribution is -2.54. The maximum atomic E-state index is 14.5. The number of hydrogen-bond acceptors (Lipinski definition) is 8. The highest BCUT2D eigenvalue weighted by Crippen LogP contribution is 2.61. The van der Waals surface area contributed by atoms with Crippen LogP contribution in [-0.2, 0) is 11.2 Å². The molecule has 76 heavy (non-hydrogen) atoms. The van der Waals surface area contributed by atoms with Gasteiger partial charge >= 0.3 is 0 Å². The van der Waals surface area contributed by atoms with E-state index in [1.807, 2.05) is 45.3 Å². The minimum atomic E-state index is -1.91. The molecule has 0 saturated carbocycles. The topological polar surface area (TPSA) is 40.5 Å². The molecule has 4 aromatic carbocycles. The van der Waals surface area contributed by atoms with Crippen molar-refractivity contribution >= 4 is 121 Å². The monoisotopic (exact) mass is 1150 g/mol. The summed E-state index contributed by atoms with van der Waals surface area (Å²) in [6, 6.07) is 44.1. The first-order valence-corrected chi connectivity index (χ1v) is 36.8. The molecule has 2 nitrogen and oxygen atoms in total. The van der Waals surface area contributed by atoms with Gasteiger partial charge in [0.05, 0.1) is 19.2 Å². The van der Waals surface area contributed by atoms with Gasteiger partial charge in [-0.25, -0.2) is 0 Å². The van der Waals surface area contributed by atoms with Gasteiger partial charge in [0.2, 0.25) is 0 Å². The molecule has 0 aliphatic rings. The van der Waals surface area contributed by atoms with Crippen LogP contribution < -0.4 is 9.00 Å². The fourth-order valence-corrected chi connectivity index (χ4v) is 40.4. The molecule has 0 spiro atoms. The first-order valence-electron chi connectivity index (χ1n) is 27.4. The normalized spacial score (nSPS) is 13.3. The van der Waals surface area contributed by atoms with Crippen molar-refractivity contribution in [1.82, 2.24) is 0 Å². The van der Waals surface area contributed by atoms with Crippen LogP contribution in [0.15, 0.2) is 121 Å². The Kier molecular flexibility index (Phi) is 15.1. The molecule has 0 aliphatic heterocycles. The summed E-state index contributed by atoms with van der Waals surface area (Å²) in [4.78, 5) is 4.41. The second-order valence-electron chi connectivity index (χ2n) is 23.8. The summed E-state index contributed by atoms with van der Waals surface area (Å²) < 4.78 is 10.5. The Labute approximate surface area is 479 Å². The van der Waals surface area contributed by atoms with Gasteiger partial charge in [0.25, 0.3) is 0 Å². The zero-order valence-electron chi connectivity index (χ0n) is 47.4. The molecular weight excluding hydrogens is 1070 g/mol. The lowest BCUT2D eigenvalue weighted by atomic mass is 9.78. The van der Waals surface area contributed by atoms with Crippen LogP contribution in [0.1, 0.15) is 139 Å². The van der Waals surface area contributed by atoms with Crippen LogP contribution in [0, 0.1) is 27.7 Å². The molecule has 6 aromatic heterocycles. The van der Waals surface area contributed by atoms with E-state index in [1.54, 1.807) is 31.7 Å². The van der Waals surface area contributed by atoms with Crippen molar-refractivity contribution in [3.05, 3.63) is 177 Å². The van der Waals surface area contributed by atoms with Gasteiger partial charge in [-0.15, -0.1) is 68.0 Å². The van der Waals surface area contributed by atoms with Crippen molar-refractivity contribution in [3.63, 3.8) is 0 Å². The number of thiophene rings is 6. The van der Waals surface area contributed by atoms with Gasteiger partial charge in [-0.1, -0.05) is 202 Å². The van der Waals surface area contributed by atoms with Crippen LogP contribution in [0.5, 0.6) is 0 Å². The van der Waals surface area contributed by atoms with E-state index in [4.69, 9.17) is 0 Å². The predicted molar refractivity (Wildman–Crippen MR) is 347 cm³/mol. The molecule has 0 bridgehead atoms. The molecule has 0 atom stereocenters. The van der Waals surface area contributed by atoms with Crippen LogP contribution in [0.2, 0.25) is 33.2 Å². The van der Waals surface area contributed by atoms with E-state index in [2.05, 4.69) is 232 Å². The van der Waals surface area contributed by atoms with E-state index in [9.17, 15) is 10.2 Å². The van der Waals surface area contributed by atoms with E-state index in [-0.39, 0.29) is 0 Å². The van der Waals surface area contributed by atoms with Gasteiger partial charge in [-0.05, 0) is 116 Å². The Morgan fingerprint density at radius 3 is 0.789 bits per heavy atom. The number of aryl methyl sites for hydroxylation is 4. The van der Waals surface area contributed by atoms with Crippen molar-refractivity contribution in [3.8, 4) is 19.5 Å². The summed E-state index contributed by atoms with van der Waals surface area (Å²) in [7, 11) is -3.82. The molecule has 0 amide bonds. The first kappa shape index (κ1) is 55.5. The zero-order chi connectivity index (χ0) is 54.6. The molecule has 10 rings (SSSR count). The fourth-order valence-electron chi connectivity index (χ4n) is 14.1. The highest BCUT2D eigenvalue weighted by molar-refractivity contribution is 7.40. The largest absolute Gasteiger partial charge is 0.376 e. The molecule has 0 aliphatic carbocycles. The smallest absolute Gasteiger partial charge is 0.143 e. The zero-order valence-corrected chi connectivity index (χ0v) is 54.3. The number of aliphatic hydroxyl groups is 2. The standard InChI is InChI=1S/C66H76O2S6Si2/c1-37(2)75(38(3)4,39(5)6)57-35-53-51(71-57)33-55(69-53)61-59(65(67,47-25-17-43(13)18-26-47)48-27-19-44(14)20-28-48)63-64(73-61)60(66(68,49-29-21-45(15)22-30-49)50-31-23-46(16)24-32-50)62(74-63)56-34-52-54(70-56)36-58(72-52)76(40(7)8,41(9)10)42(11)12/h17-42,67-68H,1-16H3. The Hall–Kier alpha value is -3.79. The van der Waals surface area contributed by atoms with Gasteiger partial charge in [-0.2, -0.15) is 0 Å². The van der Waals surface area contributed by atoms with Crippen LogP contribution in [0.4, 0.5) is 0 Å². The van der Waals surface area contributed by atoms with Gasteiger partial charge in [0.15, 0.2) is 0 Å². The van der Waals surface area contributed by atoms with Gasteiger partial charge in [0.1, 0.15) is 27.3 Å². The van der Waals surface area contributed by atoms with Crippen LogP contribution in [0.3, 0.4) is 0 Å². The molecule has 0 fully saturated rings.